The zero-order chi connectivity index (χ0) is 85.6. The summed E-state index contributed by atoms with van der Waals surface area (Å²) in [5.74, 6) is 0. The van der Waals surface area contributed by atoms with E-state index in [-0.39, 0.29) is 10.8 Å². The summed E-state index contributed by atoms with van der Waals surface area (Å²) in [4.78, 5) is 0. The lowest BCUT2D eigenvalue weighted by Gasteiger charge is -2.30. The van der Waals surface area contributed by atoms with E-state index in [2.05, 4.69) is 487 Å². The van der Waals surface area contributed by atoms with Crippen molar-refractivity contribution >= 4 is 151 Å². The molecule has 0 amide bonds. The molecular formula is C126H90N2. The van der Waals surface area contributed by atoms with Gasteiger partial charge in [0.05, 0.1) is 28.1 Å². The van der Waals surface area contributed by atoms with Crippen LogP contribution < -0.4 is 0 Å². The number of hydrogen-bond acceptors (Lipinski definition) is 0. The quantitative estimate of drug-likeness (QED) is 0.101. The van der Waals surface area contributed by atoms with Crippen molar-refractivity contribution in [3.63, 3.8) is 0 Å². The third-order valence-electron chi connectivity index (χ3n) is 27.2. The lowest BCUT2D eigenvalue weighted by Crippen LogP contribution is -2.17. The van der Waals surface area contributed by atoms with Crippen molar-refractivity contribution < 1.29 is 0 Å². The summed E-state index contributed by atoms with van der Waals surface area (Å²) < 4.78 is 5.28. The van der Waals surface area contributed by atoms with E-state index in [0.717, 1.165) is 5.69 Å². The Morgan fingerprint density at radius 1 is 0.172 bits per heavy atom. The molecule has 0 aliphatic carbocycles. The Morgan fingerprint density at radius 2 is 0.523 bits per heavy atom. The SMILES string of the molecule is CC(C)(C)c1c2ccccc2c(C(C)(C)C)c2cc(-n3c(-c4ccccc4)c(-c4ccccc4)c4c5c6ccccc6c(-c6ccc7ccccc7c6)cc5c5ccccc5c43)ccc12.c1ccc(-c2c3ccccc3c(-n3c(-c4ccccc4)c(-c4ccccc4)c4c5c6ccccc6c(-c6cccc7ccccc67)cc5c5ccccc5c43)c3ccccc23)cc1. The molecule has 604 valence electrons. The number of rotatable bonds is 9. The standard InChI is InChI=1S/C64H51N.C62H39N/c1-63(2,3)59-49-30-18-19-31-50(49)60(64(4,5)6)55-38-45(35-36-51(55)59)65-61(42-24-11-8-12-25-42)56(41-22-9-7-10-23-41)58-57-48-29-17-15-27-46(48)53(44-34-33-40-21-13-14-26-43(40)37-44)39-54(57)47-28-16-20-32-52(47)62(58)65;1-4-22-41(23-5-1)56-49-33-15-18-36-52(49)61(53-37-19-16-34-50(53)56)63-60(43-26-8-3-9-27-43)57(42-24-6-2-7-25-42)59-58-48-32-14-12-30-46(48)54(45-38-20-28-40-21-10-11-29-44(40)45)39-55(58)47-31-13-17-35-51(47)62(59)63/h7-39H,1-6H3;1-39H. The molecule has 0 saturated heterocycles. The highest BCUT2D eigenvalue weighted by molar-refractivity contribution is 6.39. The highest BCUT2D eigenvalue weighted by atomic mass is 15.0. The van der Waals surface area contributed by atoms with Crippen LogP contribution in [0.3, 0.4) is 0 Å². The van der Waals surface area contributed by atoms with Crippen molar-refractivity contribution in [2.45, 2.75) is 52.4 Å². The molecule has 25 rings (SSSR count). The van der Waals surface area contributed by atoms with Gasteiger partial charge in [-0.25, -0.2) is 0 Å². The van der Waals surface area contributed by atoms with Gasteiger partial charge in [-0.2, -0.15) is 0 Å². The van der Waals surface area contributed by atoms with Crippen LogP contribution in [0.1, 0.15) is 52.7 Å². The lowest BCUT2D eigenvalue weighted by molar-refractivity contribution is 0.593. The van der Waals surface area contributed by atoms with Crippen LogP contribution in [0, 0.1) is 0 Å². The Morgan fingerprint density at radius 3 is 1.02 bits per heavy atom. The van der Waals surface area contributed by atoms with E-state index in [4.69, 9.17) is 0 Å². The third-order valence-corrected chi connectivity index (χ3v) is 27.2. The van der Waals surface area contributed by atoms with E-state index in [0.29, 0.717) is 0 Å². The highest BCUT2D eigenvalue weighted by Crippen LogP contribution is 2.57. The van der Waals surface area contributed by atoms with Gasteiger partial charge < -0.3 is 9.13 Å². The third kappa shape index (κ3) is 12.0. The molecule has 0 aliphatic heterocycles. The van der Waals surface area contributed by atoms with Crippen LogP contribution in [0.25, 0.3) is 241 Å². The fourth-order valence-corrected chi connectivity index (χ4v) is 22.2. The summed E-state index contributed by atoms with van der Waals surface area (Å²) >= 11 is 0. The second-order valence-electron chi connectivity index (χ2n) is 36.7. The predicted octanol–water partition coefficient (Wildman–Crippen LogP) is 35.4. The Balaban J connectivity index is 0.000000143. The van der Waals surface area contributed by atoms with Crippen molar-refractivity contribution in [3.05, 3.63) is 448 Å². The summed E-state index contributed by atoms with van der Waals surface area (Å²) in [5.41, 5.74) is 24.4. The van der Waals surface area contributed by atoms with Crippen LogP contribution in [-0.4, -0.2) is 9.13 Å². The minimum absolute atomic E-state index is 0.0759. The minimum atomic E-state index is -0.117. The number of aromatic nitrogens is 2. The molecule has 2 heterocycles. The van der Waals surface area contributed by atoms with E-state index in [1.807, 2.05) is 0 Å². The largest absolute Gasteiger partial charge is 0.308 e. The van der Waals surface area contributed by atoms with Gasteiger partial charge in [0.2, 0.25) is 0 Å². The Kier molecular flexibility index (Phi) is 17.8. The van der Waals surface area contributed by atoms with E-state index in [9.17, 15) is 0 Å². The highest BCUT2D eigenvalue weighted by Gasteiger charge is 2.34. The molecule has 0 radical (unpaired) electrons. The number of benzene rings is 23. The van der Waals surface area contributed by atoms with Gasteiger partial charge in [-0.05, 0) is 205 Å². The molecule has 0 aliphatic rings. The summed E-state index contributed by atoms with van der Waals surface area (Å²) in [5, 5.41) is 32.8. The Labute approximate surface area is 744 Å². The second kappa shape index (κ2) is 30.0. The van der Waals surface area contributed by atoms with Crippen molar-refractivity contribution in [1.29, 1.82) is 0 Å². The van der Waals surface area contributed by atoms with Gasteiger partial charge in [-0.15, -0.1) is 0 Å². The molecule has 128 heavy (non-hydrogen) atoms. The maximum atomic E-state index is 2.65. The minimum Gasteiger partial charge on any atom is -0.308 e. The molecule has 0 N–H and O–H groups in total. The summed E-state index contributed by atoms with van der Waals surface area (Å²) in [6.07, 6.45) is 0. The molecular weight excluding hydrogens is 1540 g/mol. The molecule has 0 unspecified atom stereocenters. The van der Waals surface area contributed by atoms with Gasteiger partial charge in [-0.3, -0.25) is 0 Å². The number of hydrogen-bond donors (Lipinski definition) is 0. The maximum absolute atomic E-state index is 2.65. The molecule has 2 heteroatoms. The van der Waals surface area contributed by atoms with Crippen LogP contribution in [-0.2, 0) is 10.8 Å². The van der Waals surface area contributed by atoms with Crippen LogP contribution in [0.2, 0.25) is 0 Å². The monoisotopic (exact) mass is 1630 g/mol. The zero-order valence-corrected chi connectivity index (χ0v) is 72.5. The van der Waals surface area contributed by atoms with Gasteiger partial charge in [0.25, 0.3) is 0 Å². The molecule has 0 fully saturated rings. The molecule has 2 nitrogen and oxygen atoms in total. The molecule has 0 atom stereocenters. The zero-order valence-electron chi connectivity index (χ0n) is 72.5. The van der Waals surface area contributed by atoms with E-state index in [1.165, 1.54) is 246 Å². The van der Waals surface area contributed by atoms with Gasteiger partial charge >= 0.3 is 0 Å². The average Bonchev–Trinajstić information content (AvgIpc) is 1.46. The first-order valence-corrected chi connectivity index (χ1v) is 45.0. The molecule has 25 aromatic rings. The van der Waals surface area contributed by atoms with Crippen LogP contribution >= 0.6 is 0 Å². The fraction of sp³-hybridized carbons (Fsp3) is 0.0635. The smallest absolute Gasteiger partial charge is 0.0627 e. The average molecular weight is 1630 g/mol. The Bertz CT molecular complexity index is 8780. The topological polar surface area (TPSA) is 9.86 Å². The fourth-order valence-electron chi connectivity index (χ4n) is 22.2. The molecule has 0 spiro atoms. The van der Waals surface area contributed by atoms with Gasteiger partial charge in [0.1, 0.15) is 0 Å². The molecule has 0 bridgehead atoms. The summed E-state index contributed by atoms with van der Waals surface area (Å²) in [7, 11) is 0. The predicted molar refractivity (Wildman–Crippen MR) is 552 cm³/mol. The second-order valence-corrected chi connectivity index (χ2v) is 36.7. The van der Waals surface area contributed by atoms with Crippen LogP contribution in [0.4, 0.5) is 0 Å². The van der Waals surface area contributed by atoms with Crippen molar-refractivity contribution in [1.82, 2.24) is 9.13 Å². The van der Waals surface area contributed by atoms with Crippen molar-refractivity contribution in [3.8, 4) is 89.5 Å². The molecule has 0 saturated carbocycles. The molecule has 23 aromatic carbocycles. The first-order valence-electron chi connectivity index (χ1n) is 45.0. The first kappa shape index (κ1) is 76.0. The van der Waals surface area contributed by atoms with Crippen molar-refractivity contribution in [2.24, 2.45) is 0 Å². The maximum Gasteiger partial charge on any atom is 0.0627 e. The molecule has 2 aromatic heterocycles. The van der Waals surface area contributed by atoms with Crippen molar-refractivity contribution in [2.75, 3.05) is 0 Å². The Hall–Kier alpha value is -15.7. The van der Waals surface area contributed by atoms with Crippen LogP contribution in [0.5, 0.6) is 0 Å². The first-order chi connectivity index (χ1) is 62.9. The summed E-state index contributed by atoms with van der Waals surface area (Å²) in [6.45, 7) is 14.2. The van der Waals surface area contributed by atoms with Gasteiger partial charge in [0, 0.05) is 59.9 Å². The van der Waals surface area contributed by atoms with Gasteiger partial charge in [-0.1, -0.05) is 448 Å². The summed E-state index contributed by atoms with van der Waals surface area (Å²) in [6, 6.07) is 162. The van der Waals surface area contributed by atoms with Gasteiger partial charge in [0.15, 0.2) is 0 Å². The lowest BCUT2D eigenvalue weighted by atomic mass is 9.74. The number of nitrogens with zero attached hydrogens (tertiary/aromatic N) is 2. The van der Waals surface area contributed by atoms with Crippen LogP contribution in [0.15, 0.2) is 437 Å². The van der Waals surface area contributed by atoms with E-state index >= 15 is 0 Å². The van der Waals surface area contributed by atoms with E-state index < -0.39 is 0 Å². The van der Waals surface area contributed by atoms with E-state index in [1.54, 1.807) is 0 Å². The number of fused-ring (bicyclic) bond motifs is 22. The normalized spacial score (nSPS) is 12.1.